The molecular formula is C10H17N3O2. The minimum Gasteiger partial charge on any atom is -0.392 e. The number of hydrogen-bond donors (Lipinski definition) is 3. The summed E-state index contributed by atoms with van der Waals surface area (Å²) in [5, 5.41) is 23.5. The van der Waals surface area contributed by atoms with E-state index >= 15 is 0 Å². The number of nitrogens with one attached hydrogen (secondary N) is 2. The number of rotatable bonds is 4. The molecule has 0 bridgehead atoms. The number of carbonyl (C=O) groups is 1. The zero-order valence-corrected chi connectivity index (χ0v) is 8.86. The topological polar surface area (TPSA) is 85.2 Å². The Balaban J connectivity index is 2.37. The van der Waals surface area contributed by atoms with Crippen molar-refractivity contribution in [1.82, 2.24) is 10.6 Å². The fraction of sp³-hybridized carbons (Fsp3) is 0.800. The predicted molar refractivity (Wildman–Crippen MR) is 54.9 cm³/mol. The van der Waals surface area contributed by atoms with Gasteiger partial charge in [0.1, 0.15) is 0 Å². The van der Waals surface area contributed by atoms with E-state index in [9.17, 15) is 9.90 Å². The Labute approximate surface area is 89.5 Å². The molecule has 1 aliphatic heterocycles. The van der Waals surface area contributed by atoms with E-state index in [1.807, 2.05) is 13.0 Å². The lowest BCUT2D eigenvalue weighted by atomic mass is 10.1. The highest BCUT2D eigenvalue weighted by Crippen LogP contribution is 2.07. The lowest BCUT2D eigenvalue weighted by Crippen LogP contribution is -2.44. The molecule has 1 fully saturated rings. The third-order valence-corrected chi connectivity index (χ3v) is 2.60. The highest BCUT2D eigenvalue weighted by atomic mass is 16.3. The van der Waals surface area contributed by atoms with Crippen LogP contribution in [0.25, 0.3) is 0 Å². The Bertz CT molecular complexity index is 262. The van der Waals surface area contributed by atoms with E-state index in [0.717, 1.165) is 6.42 Å². The maximum absolute atomic E-state index is 11.6. The summed E-state index contributed by atoms with van der Waals surface area (Å²) in [5.41, 5.74) is 0. The minimum absolute atomic E-state index is 0.0814. The first-order valence-electron chi connectivity index (χ1n) is 5.26. The maximum atomic E-state index is 11.6. The molecule has 0 saturated carbocycles. The standard InChI is InChI=1S/C10H17N3O2/c1-2-7(3-4-11)13-10(15)9-5-8(14)6-12-9/h7-9,12,14H,2-3,5-6H2,1H3,(H,13,15). The van der Waals surface area contributed by atoms with Crippen molar-refractivity contribution < 1.29 is 9.90 Å². The SMILES string of the molecule is CCC(CC#N)NC(=O)C1CC(O)CN1. The van der Waals surface area contributed by atoms with Crippen LogP contribution in [-0.2, 0) is 4.79 Å². The molecule has 84 valence electrons. The van der Waals surface area contributed by atoms with Gasteiger partial charge in [-0.05, 0) is 12.8 Å². The summed E-state index contributed by atoms with van der Waals surface area (Å²) < 4.78 is 0. The molecule has 15 heavy (non-hydrogen) atoms. The third-order valence-electron chi connectivity index (χ3n) is 2.60. The fourth-order valence-electron chi connectivity index (χ4n) is 1.63. The number of aliphatic hydroxyl groups is 1. The lowest BCUT2D eigenvalue weighted by molar-refractivity contribution is -0.123. The molecule has 5 heteroatoms. The van der Waals surface area contributed by atoms with Crippen LogP contribution in [0, 0.1) is 11.3 Å². The van der Waals surface area contributed by atoms with Crippen molar-refractivity contribution in [3.05, 3.63) is 0 Å². The maximum Gasteiger partial charge on any atom is 0.237 e. The second kappa shape index (κ2) is 5.69. The van der Waals surface area contributed by atoms with Crippen LogP contribution in [0.4, 0.5) is 0 Å². The lowest BCUT2D eigenvalue weighted by Gasteiger charge is -2.16. The van der Waals surface area contributed by atoms with Gasteiger partial charge in [-0.15, -0.1) is 0 Å². The summed E-state index contributed by atoms with van der Waals surface area (Å²) in [6, 6.07) is 1.65. The quantitative estimate of drug-likeness (QED) is 0.586. The number of aliphatic hydroxyl groups excluding tert-OH is 1. The Morgan fingerprint density at radius 1 is 1.80 bits per heavy atom. The molecule has 0 aromatic rings. The zero-order valence-electron chi connectivity index (χ0n) is 8.86. The first-order valence-corrected chi connectivity index (χ1v) is 5.26. The van der Waals surface area contributed by atoms with Gasteiger partial charge in [-0.3, -0.25) is 4.79 Å². The summed E-state index contributed by atoms with van der Waals surface area (Å²) in [5.74, 6) is -0.117. The summed E-state index contributed by atoms with van der Waals surface area (Å²) >= 11 is 0. The van der Waals surface area contributed by atoms with Crippen molar-refractivity contribution in [2.24, 2.45) is 0 Å². The largest absolute Gasteiger partial charge is 0.392 e. The van der Waals surface area contributed by atoms with Gasteiger partial charge in [0.05, 0.1) is 24.6 Å². The molecule has 5 nitrogen and oxygen atoms in total. The van der Waals surface area contributed by atoms with Crippen molar-refractivity contribution in [1.29, 1.82) is 5.26 Å². The zero-order chi connectivity index (χ0) is 11.3. The van der Waals surface area contributed by atoms with Gasteiger partial charge in [0, 0.05) is 12.6 Å². The Morgan fingerprint density at radius 3 is 3.00 bits per heavy atom. The molecule has 1 aliphatic rings. The van der Waals surface area contributed by atoms with Gasteiger partial charge in [0.15, 0.2) is 0 Å². The van der Waals surface area contributed by atoms with Crippen LogP contribution in [0.3, 0.4) is 0 Å². The van der Waals surface area contributed by atoms with Gasteiger partial charge in [-0.25, -0.2) is 0 Å². The number of β-amino-alcohol motifs (C(OH)–C–C–N with tert-alkyl or cyclic N) is 1. The molecule has 1 rings (SSSR count). The predicted octanol–water partition coefficient (Wildman–Crippen LogP) is -0.482. The van der Waals surface area contributed by atoms with Crippen LogP contribution in [0.5, 0.6) is 0 Å². The Morgan fingerprint density at radius 2 is 2.53 bits per heavy atom. The van der Waals surface area contributed by atoms with Crippen molar-refractivity contribution in [3.8, 4) is 6.07 Å². The van der Waals surface area contributed by atoms with E-state index in [2.05, 4.69) is 10.6 Å². The molecule has 0 aromatic carbocycles. The molecule has 1 amide bonds. The van der Waals surface area contributed by atoms with Crippen LogP contribution in [0.15, 0.2) is 0 Å². The first kappa shape index (κ1) is 12.0. The smallest absolute Gasteiger partial charge is 0.237 e. The van der Waals surface area contributed by atoms with Crippen LogP contribution in [0.2, 0.25) is 0 Å². The molecule has 1 heterocycles. The van der Waals surface area contributed by atoms with E-state index in [1.165, 1.54) is 0 Å². The fourth-order valence-corrected chi connectivity index (χ4v) is 1.63. The van der Waals surface area contributed by atoms with Gasteiger partial charge in [-0.1, -0.05) is 6.92 Å². The van der Waals surface area contributed by atoms with Crippen LogP contribution < -0.4 is 10.6 Å². The molecule has 0 aromatic heterocycles. The van der Waals surface area contributed by atoms with Crippen LogP contribution in [0.1, 0.15) is 26.2 Å². The normalized spacial score (nSPS) is 27.0. The molecule has 0 aliphatic carbocycles. The Hall–Kier alpha value is -1.12. The molecule has 3 atom stereocenters. The van der Waals surface area contributed by atoms with Gasteiger partial charge >= 0.3 is 0 Å². The summed E-state index contributed by atoms with van der Waals surface area (Å²) in [6.45, 7) is 2.40. The summed E-state index contributed by atoms with van der Waals surface area (Å²) in [7, 11) is 0. The van der Waals surface area contributed by atoms with Crippen LogP contribution >= 0.6 is 0 Å². The van der Waals surface area contributed by atoms with Crippen LogP contribution in [-0.4, -0.2) is 35.7 Å². The molecule has 3 unspecified atom stereocenters. The summed E-state index contributed by atoms with van der Waals surface area (Å²) in [6.07, 6.45) is 1.10. The number of nitriles is 1. The second-order valence-corrected chi connectivity index (χ2v) is 3.83. The van der Waals surface area contributed by atoms with Gasteiger partial charge in [0.25, 0.3) is 0 Å². The number of carbonyl (C=O) groups excluding carboxylic acids is 1. The van der Waals surface area contributed by atoms with Crippen molar-refractivity contribution in [2.45, 2.75) is 44.4 Å². The van der Waals surface area contributed by atoms with Crippen molar-refractivity contribution in [2.75, 3.05) is 6.54 Å². The average Bonchev–Trinajstić information content (AvgIpc) is 2.64. The van der Waals surface area contributed by atoms with Gasteiger partial charge < -0.3 is 15.7 Å². The average molecular weight is 211 g/mol. The second-order valence-electron chi connectivity index (χ2n) is 3.83. The highest BCUT2D eigenvalue weighted by Gasteiger charge is 2.28. The molecule has 3 N–H and O–H groups in total. The Kier molecular flexibility index (Phi) is 4.53. The molecule has 1 saturated heterocycles. The van der Waals surface area contributed by atoms with Crippen molar-refractivity contribution >= 4 is 5.91 Å². The van der Waals surface area contributed by atoms with E-state index in [0.29, 0.717) is 19.4 Å². The van der Waals surface area contributed by atoms with Gasteiger partial charge in [0.2, 0.25) is 5.91 Å². The minimum atomic E-state index is -0.434. The first-order chi connectivity index (χ1) is 7.17. The molecule has 0 radical (unpaired) electrons. The molecular weight excluding hydrogens is 194 g/mol. The third kappa shape index (κ3) is 3.50. The van der Waals surface area contributed by atoms with E-state index < -0.39 is 6.10 Å². The number of amides is 1. The number of hydrogen-bond acceptors (Lipinski definition) is 4. The van der Waals surface area contributed by atoms with E-state index in [4.69, 9.17) is 5.26 Å². The van der Waals surface area contributed by atoms with Crippen molar-refractivity contribution in [3.63, 3.8) is 0 Å². The monoisotopic (exact) mass is 211 g/mol. The highest BCUT2D eigenvalue weighted by molar-refractivity contribution is 5.82. The molecule has 0 spiro atoms. The van der Waals surface area contributed by atoms with E-state index in [-0.39, 0.29) is 18.0 Å². The summed E-state index contributed by atoms with van der Waals surface area (Å²) in [4.78, 5) is 11.6. The van der Waals surface area contributed by atoms with Gasteiger partial charge in [-0.2, -0.15) is 5.26 Å². The number of nitrogens with zero attached hydrogens (tertiary/aromatic N) is 1. The van der Waals surface area contributed by atoms with E-state index in [1.54, 1.807) is 0 Å².